The summed E-state index contributed by atoms with van der Waals surface area (Å²) in [5, 5.41) is 8.80. The van der Waals surface area contributed by atoms with Gasteiger partial charge in [-0.2, -0.15) is 0 Å². The number of benzene rings is 1. The highest BCUT2D eigenvalue weighted by Crippen LogP contribution is 2.28. The predicted octanol–water partition coefficient (Wildman–Crippen LogP) is 2.57. The van der Waals surface area contributed by atoms with Gasteiger partial charge in [0.2, 0.25) is 0 Å². The van der Waals surface area contributed by atoms with E-state index in [0.717, 1.165) is 19.3 Å². The molecule has 112 valence electrons. The first-order valence-corrected chi connectivity index (χ1v) is 7.30. The van der Waals surface area contributed by atoms with Gasteiger partial charge in [-0.1, -0.05) is 18.8 Å². The van der Waals surface area contributed by atoms with E-state index >= 15 is 0 Å². The van der Waals surface area contributed by atoms with Crippen LogP contribution in [0.5, 0.6) is 0 Å². The lowest BCUT2D eigenvalue weighted by molar-refractivity contribution is 0.0676. The van der Waals surface area contributed by atoms with E-state index in [1.165, 1.54) is 18.2 Å². The molecule has 0 radical (unpaired) electrons. The van der Waals surface area contributed by atoms with Crippen molar-refractivity contribution in [2.24, 2.45) is 0 Å². The Hall–Kier alpha value is -1.86. The van der Waals surface area contributed by atoms with Crippen molar-refractivity contribution in [1.82, 2.24) is 4.90 Å². The first-order valence-electron chi connectivity index (χ1n) is 7.30. The van der Waals surface area contributed by atoms with Crippen LogP contribution >= 0.6 is 0 Å². The van der Waals surface area contributed by atoms with Gasteiger partial charge in [-0.15, -0.1) is 0 Å². The van der Waals surface area contributed by atoms with Gasteiger partial charge in [-0.25, -0.2) is 4.39 Å². The largest absolute Gasteiger partial charge is 0.384 e. The SMILES string of the molecule is CCC1CCC(C)N1C(=O)c1ccc(F)cc1C#CCO. The molecule has 2 atom stereocenters. The summed E-state index contributed by atoms with van der Waals surface area (Å²) in [6, 6.07) is 4.43. The van der Waals surface area contributed by atoms with E-state index in [4.69, 9.17) is 5.11 Å². The summed E-state index contributed by atoms with van der Waals surface area (Å²) in [5.74, 6) is 4.61. The number of carbonyl (C=O) groups is 1. The Bertz CT molecular complexity index is 588. The van der Waals surface area contributed by atoms with Crippen LogP contribution in [-0.4, -0.2) is 34.6 Å². The van der Waals surface area contributed by atoms with Crippen molar-refractivity contribution in [3.63, 3.8) is 0 Å². The van der Waals surface area contributed by atoms with E-state index < -0.39 is 5.82 Å². The molecule has 3 nitrogen and oxygen atoms in total. The van der Waals surface area contributed by atoms with Crippen LogP contribution in [0.15, 0.2) is 18.2 Å². The van der Waals surface area contributed by atoms with Gasteiger partial charge >= 0.3 is 0 Å². The number of likely N-dealkylation sites (tertiary alicyclic amines) is 1. The van der Waals surface area contributed by atoms with Crippen molar-refractivity contribution in [1.29, 1.82) is 0 Å². The maximum atomic E-state index is 13.4. The Labute approximate surface area is 124 Å². The maximum Gasteiger partial charge on any atom is 0.255 e. The number of nitrogens with zero attached hydrogens (tertiary/aromatic N) is 1. The first-order chi connectivity index (χ1) is 10.1. The third-order valence-electron chi connectivity index (χ3n) is 4.01. The minimum atomic E-state index is -0.435. The highest BCUT2D eigenvalue weighted by Gasteiger charge is 2.34. The topological polar surface area (TPSA) is 40.5 Å². The Kier molecular flexibility index (Phi) is 4.98. The van der Waals surface area contributed by atoms with Crippen LogP contribution in [0.1, 0.15) is 49.0 Å². The van der Waals surface area contributed by atoms with Crippen molar-refractivity contribution in [3.05, 3.63) is 35.1 Å². The van der Waals surface area contributed by atoms with Gasteiger partial charge in [0.1, 0.15) is 12.4 Å². The summed E-state index contributed by atoms with van der Waals surface area (Å²) in [6.45, 7) is 3.79. The molecule has 1 N–H and O–H groups in total. The summed E-state index contributed by atoms with van der Waals surface area (Å²) < 4.78 is 13.4. The third kappa shape index (κ3) is 3.25. The molecule has 0 bridgehead atoms. The molecule has 1 aromatic rings. The van der Waals surface area contributed by atoms with Crippen LogP contribution in [0.4, 0.5) is 4.39 Å². The van der Waals surface area contributed by atoms with Crippen LogP contribution in [0.25, 0.3) is 0 Å². The molecule has 1 saturated heterocycles. The number of amides is 1. The molecular weight excluding hydrogens is 269 g/mol. The number of hydrogen-bond acceptors (Lipinski definition) is 2. The van der Waals surface area contributed by atoms with Crippen molar-refractivity contribution in [2.75, 3.05) is 6.61 Å². The number of carbonyl (C=O) groups excluding carboxylic acids is 1. The molecule has 0 aliphatic carbocycles. The molecule has 21 heavy (non-hydrogen) atoms. The van der Waals surface area contributed by atoms with E-state index in [1.807, 2.05) is 11.8 Å². The second kappa shape index (κ2) is 6.73. The zero-order valence-corrected chi connectivity index (χ0v) is 12.4. The zero-order chi connectivity index (χ0) is 15.4. The molecule has 2 unspecified atom stereocenters. The molecule has 0 aromatic heterocycles. The van der Waals surface area contributed by atoms with Crippen LogP contribution < -0.4 is 0 Å². The summed E-state index contributed by atoms with van der Waals surface area (Å²) in [4.78, 5) is 14.7. The molecular formula is C17H20FNO2. The number of rotatable bonds is 2. The highest BCUT2D eigenvalue weighted by molar-refractivity contribution is 5.97. The maximum absolute atomic E-state index is 13.4. The monoisotopic (exact) mass is 289 g/mol. The van der Waals surface area contributed by atoms with Crippen molar-refractivity contribution in [3.8, 4) is 11.8 Å². The van der Waals surface area contributed by atoms with E-state index in [0.29, 0.717) is 11.1 Å². The average Bonchev–Trinajstić information content (AvgIpc) is 2.85. The quantitative estimate of drug-likeness (QED) is 0.850. The van der Waals surface area contributed by atoms with Gasteiger partial charge in [0.25, 0.3) is 5.91 Å². The Morgan fingerprint density at radius 1 is 1.48 bits per heavy atom. The fourth-order valence-corrected chi connectivity index (χ4v) is 2.92. The molecule has 1 aliphatic rings. The van der Waals surface area contributed by atoms with Gasteiger partial charge in [0.15, 0.2) is 0 Å². The zero-order valence-electron chi connectivity index (χ0n) is 12.4. The fourth-order valence-electron chi connectivity index (χ4n) is 2.92. The van der Waals surface area contributed by atoms with Crippen molar-refractivity contribution in [2.45, 2.75) is 45.2 Å². The van der Waals surface area contributed by atoms with E-state index in [-0.39, 0.29) is 24.6 Å². The van der Waals surface area contributed by atoms with Gasteiger partial charge in [0.05, 0.1) is 5.56 Å². The van der Waals surface area contributed by atoms with E-state index in [1.54, 1.807) is 0 Å². The molecule has 1 amide bonds. The molecule has 1 fully saturated rings. The molecule has 1 aromatic carbocycles. The molecule has 1 aliphatic heterocycles. The molecule has 1 heterocycles. The predicted molar refractivity (Wildman–Crippen MR) is 79.3 cm³/mol. The number of halogens is 1. The van der Waals surface area contributed by atoms with Crippen LogP contribution in [0, 0.1) is 17.7 Å². The summed E-state index contributed by atoms with van der Waals surface area (Å²) in [7, 11) is 0. The Balaban J connectivity index is 2.38. The summed E-state index contributed by atoms with van der Waals surface area (Å²) in [5.41, 5.74) is 0.743. The Morgan fingerprint density at radius 3 is 2.90 bits per heavy atom. The summed E-state index contributed by atoms with van der Waals surface area (Å²) >= 11 is 0. The normalized spacial score (nSPS) is 21.0. The van der Waals surface area contributed by atoms with Crippen molar-refractivity contribution < 1.29 is 14.3 Å². The second-order valence-corrected chi connectivity index (χ2v) is 5.35. The summed E-state index contributed by atoms with van der Waals surface area (Å²) in [6.07, 6.45) is 2.90. The minimum Gasteiger partial charge on any atom is -0.384 e. The van der Waals surface area contributed by atoms with E-state index in [2.05, 4.69) is 18.8 Å². The fraction of sp³-hybridized carbons (Fsp3) is 0.471. The number of aliphatic hydroxyl groups excluding tert-OH is 1. The molecule has 0 saturated carbocycles. The number of hydrogen-bond donors (Lipinski definition) is 1. The third-order valence-corrected chi connectivity index (χ3v) is 4.01. The van der Waals surface area contributed by atoms with Crippen molar-refractivity contribution >= 4 is 5.91 Å². The van der Waals surface area contributed by atoms with Gasteiger partial charge < -0.3 is 10.0 Å². The minimum absolute atomic E-state index is 0.103. The molecule has 2 rings (SSSR count). The molecule has 0 spiro atoms. The van der Waals surface area contributed by atoms with Gasteiger partial charge in [-0.05, 0) is 44.4 Å². The lowest BCUT2D eigenvalue weighted by Crippen LogP contribution is -2.40. The second-order valence-electron chi connectivity index (χ2n) is 5.35. The van der Waals surface area contributed by atoms with Crippen LogP contribution in [0.3, 0.4) is 0 Å². The lowest BCUT2D eigenvalue weighted by atomic mass is 10.0. The first kappa shape index (κ1) is 15.5. The smallest absolute Gasteiger partial charge is 0.255 e. The lowest BCUT2D eigenvalue weighted by Gasteiger charge is -2.28. The van der Waals surface area contributed by atoms with Crippen LogP contribution in [-0.2, 0) is 0 Å². The van der Waals surface area contributed by atoms with E-state index in [9.17, 15) is 9.18 Å². The van der Waals surface area contributed by atoms with Crippen LogP contribution in [0.2, 0.25) is 0 Å². The Morgan fingerprint density at radius 2 is 2.24 bits per heavy atom. The molecule has 4 heteroatoms. The average molecular weight is 289 g/mol. The standard InChI is InChI=1S/C17H20FNO2/c1-3-15-8-6-12(2)19(15)17(21)16-9-7-14(18)11-13(16)5-4-10-20/h7,9,11-12,15,20H,3,6,8,10H2,1-2H3. The number of aliphatic hydroxyl groups is 1. The van der Waals surface area contributed by atoms with Gasteiger partial charge in [0, 0.05) is 17.6 Å². The highest BCUT2D eigenvalue weighted by atomic mass is 19.1. The van der Waals surface area contributed by atoms with Gasteiger partial charge in [-0.3, -0.25) is 4.79 Å².